The van der Waals surface area contributed by atoms with Crippen LogP contribution in [0.25, 0.3) is 0 Å². The Morgan fingerprint density at radius 1 is 0.912 bits per heavy atom. The van der Waals surface area contributed by atoms with Gasteiger partial charge in [-0.2, -0.15) is 0 Å². The number of alkyl carbamates (subject to hydrolysis) is 1. The van der Waals surface area contributed by atoms with Crippen molar-refractivity contribution in [3.05, 3.63) is 68.6 Å². The number of benzene rings is 2. The van der Waals surface area contributed by atoms with Gasteiger partial charge in [-0.05, 0) is 80.9 Å². The van der Waals surface area contributed by atoms with Crippen LogP contribution in [-0.2, 0) is 19.0 Å². The summed E-state index contributed by atoms with van der Waals surface area (Å²) in [6, 6.07) is 12.2. The smallest absolute Gasteiger partial charge is 0.408 e. The van der Waals surface area contributed by atoms with Crippen LogP contribution in [0.3, 0.4) is 0 Å². The highest BCUT2D eigenvalue weighted by Crippen LogP contribution is 2.13. The van der Waals surface area contributed by atoms with Crippen molar-refractivity contribution in [3.63, 3.8) is 0 Å². The van der Waals surface area contributed by atoms with E-state index in [2.05, 4.69) is 41.9 Å². The summed E-state index contributed by atoms with van der Waals surface area (Å²) in [5, 5.41) is 1.90. The fourth-order valence-corrected chi connectivity index (χ4v) is 2.82. The predicted molar refractivity (Wildman–Crippen MR) is 134 cm³/mol. The number of esters is 2. The van der Waals surface area contributed by atoms with E-state index < -0.39 is 34.9 Å². The lowest BCUT2D eigenvalue weighted by Crippen LogP contribution is -2.47. The summed E-state index contributed by atoms with van der Waals surface area (Å²) >= 11 is 11.7. The number of halogens is 3. The van der Waals surface area contributed by atoms with Crippen LogP contribution < -0.4 is 5.32 Å². The molecule has 0 aliphatic rings. The molecule has 1 N–H and O–H groups in total. The van der Waals surface area contributed by atoms with Gasteiger partial charge in [0.2, 0.25) is 0 Å². The molecule has 0 bridgehead atoms. The van der Waals surface area contributed by atoms with Crippen LogP contribution in [0.5, 0.6) is 0 Å². The first-order valence-electron chi connectivity index (χ1n) is 9.78. The number of amides is 1. The third kappa shape index (κ3) is 11.6. The second kappa shape index (κ2) is 14.1. The molecule has 0 saturated heterocycles. The highest BCUT2D eigenvalue weighted by Gasteiger charge is 2.26. The van der Waals surface area contributed by atoms with Gasteiger partial charge >= 0.3 is 18.0 Å². The van der Waals surface area contributed by atoms with Crippen molar-refractivity contribution in [2.24, 2.45) is 0 Å². The molecule has 0 fully saturated rings. The summed E-state index contributed by atoms with van der Waals surface area (Å²) in [4.78, 5) is 45.9. The van der Waals surface area contributed by atoms with E-state index in [9.17, 15) is 19.2 Å². The van der Waals surface area contributed by atoms with Gasteiger partial charge in [0.25, 0.3) is 5.24 Å². The topological polar surface area (TPSA) is 108 Å². The Morgan fingerprint density at radius 2 is 1.38 bits per heavy atom. The number of carbonyl (C=O) groups excluding carboxylic acids is 4. The fourth-order valence-electron chi connectivity index (χ4n) is 2.17. The van der Waals surface area contributed by atoms with Crippen molar-refractivity contribution < 1.29 is 33.4 Å². The fraction of sp³-hybridized carbons (Fsp3) is 0.304. The number of methoxy groups -OCH3 is 1. The van der Waals surface area contributed by atoms with Crippen LogP contribution in [-0.4, -0.2) is 48.6 Å². The molecule has 1 unspecified atom stereocenters. The first kappa shape index (κ1) is 29.6. The van der Waals surface area contributed by atoms with E-state index in [-0.39, 0.29) is 6.61 Å². The highest BCUT2D eigenvalue weighted by atomic mass is 79.9. The first-order valence-corrected chi connectivity index (χ1v) is 11.7. The molecule has 34 heavy (non-hydrogen) atoms. The maximum atomic E-state index is 12.0. The molecule has 0 aliphatic heterocycles. The number of hydrogen-bond acceptors (Lipinski definition) is 7. The summed E-state index contributed by atoms with van der Waals surface area (Å²) in [7, 11) is 1.17. The van der Waals surface area contributed by atoms with Crippen LogP contribution in [0.15, 0.2) is 57.5 Å². The number of nitrogens with one attached hydrogen (secondary N) is 1. The maximum absolute atomic E-state index is 12.0. The SMILES string of the molecule is COC(=O)C(COC(=O)c1ccc(Br)cc1)NC(=O)OC(C)(C)C.O=C(Cl)c1ccc(Br)cc1. The Kier molecular flexibility index (Phi) is 12.3. The molecule has 184 valence electrons. The van der Waals surface area contributed by atoms with E-state index in [0.717, 1.165) is 8.95 Å². The molecule has 1 amide bonds. The van der Waals surface area contributed by atoms with E-state index in [4.69, 9.17) is 21.1 Å². The van der Waals surface area contributed by atoms with E-state index in [1.165, 1.54) is 7.11 Å². The average Bonchev–Trinajstić information content (AvgIpc) is 2.75. The zero-order chi connectivity index (χ0) is 25.9. The molecule has 0 aromatic heterocycles. The minimum Gasteiger partial charge on any atom is -0.467 e. The van der Waals surface area contributed by atoms with Gasteiger partial charge in [0, 0.05) is 14.5 Å². The lowest BCUT2D eigenvalue weighted by molar-refractivity contribution is -0.144. The van der Waals surface area contributed by atoms with E-state index >= 15 is 0 Å². The van der Waals surface area contributed by atoms with Crippen molar-refractivity contribution in [2.45, 2.75) is 32.4 Å². The average molecular weight is 622 g/mol. The Bertz CT molecular complexity index is 990. The number of carbonyl (C=O) groups is 4. The highest BCUT2D eigenvalue weighted by molar-refractivity contribution is 9.10. The molecule has 2 aromatic carbocycles. The Morgan fingerprint density at radius 3 is 1.79 bits per heavy atom. The molecule has 11 heteroatoms. The molecule has 0 heterocycles. The molecule has 1 atom stereocenters. The second-order valence-electron chi connectivity index (χ2n) is 7.61. The van der Waals surface area contributed by atoms with Gasteiger partial charge in [-0.15, -0.1) is 0 Å². The molecule has 0 saturated carbocycles. The quantitative estimate of drug-likeness (QED) is 0.258. The van der Waals surface area contributed by atoms with Gasteiger partial charge in [0.1, 0.15) is 12.2 Å². The van der Waals surface area contributed by atoms with E-state index in [1.807, 2.05) is 0 Å². The Balaban J connectivity index is 0.000000479. The summed E-state index contributed by atoms with van der Waals surface area (Å²) < 4.78 is 16.5. The largest absolute Gasteiger partial charge is 0.467 e. The first-order chi connectivity index (χ1) is 15.8. The minimum atomic E-state index is -1.16. The lowest BCUT2D eigenvalue weighted by Gasteiger charge is -2.22. The third-order valence-electron chi connectivity index (χ3n) is 3.71. The Hall–Kier alpha value is -2.43. The summed E-state index contributed by atoms with van der Waals surface area (Å²) in [6.45, 7) is 4.69. The molecule has 2 aromatic rings. The van der Waals surface area contributed by atoms with Crippen LogP contribution >= 0.6 is 43.5 Å². The molecule has 0 spiro atoms. The van der Waals surface area contributed by atoms with Gasteiger partial charge in [-0.3, -0.25) is 4.79 Å². The van der Waals surface area contributed by atoms with Crippen LogP contribution in [0.2, 0.25) is 0 Å². The molecule has 0 radical (unpaired) electrons. The van der Waals surface area contributed by atoms with Gasteiger partial charge in [0.15, 0.2) is 6.04 Å². The van der Waals surface area contributed by atoms with Crippen molar-refractivity contribution in [1.29, 1.82) is 0 Å². The molecular formula is C23H24Br2ClNO7. The molecular weight excluding hydrogens is 598 g/mol. The zero-order valence-corrected chi connectivity index (χ0v) is 22.8. The third-order valence-corrected chi connectivity index (χ3v) is 4.98. The van der Waals surface area contributed by atoms with Crippen molar-refractivity contribution in [3.8, 4) is 0 Å². The lowest BCUT2D eigenvalue weighted by atomic mass is 10.2. The van der Waals surface area contributed by atoms with E-state index in [0.29, 0.717) is 11.1 Å². The van der Waals surface area contributed by atoms with Gasteiger partial charge in [-0.1, -0.05) is 31.9 Å². The van der Waals surface area contributed by atoms with Crippen molar-refractivity contribution >= 4 is 66.7 Å². The molecule has 8 nitrogen and oxygen atoms in total. The number of ether oxygens (including phenoxy) is 3. The summed E-state index contributed by atoms with van der Waals surface area (Å²) in [5.74, 6) is -1.37. The van der Waals surface area contributed by atoms with Crippen molar-refractivity contribution in [2.75, 3.05) is 13.7 Å². The summed E-state index contributed by atoms with van der Waals surface area (Å²) in [5.41, 5.74) is 0.114. The van der Waals surface area contributed by atoms with Crippen LogP contribution in [0.4, 0.5) is 4.79 Å². The maximum Gasteiger partial charge on any atom is 0.408 e. The van der Waals surface area contributed by atoms with E-state index in [1.54, 1.807) is 69.3 Å². The Labute approximate surface area is 219 Å². The van der Waals surface area contributed by atoms with Gasteiger partial charge in [-0.25, -0.2) is 14.4 Å². The standard InChI is InChI=1S/C16H20BrNO6.C7H4BrClO/c1-16(2,3)24-15(21)18-12(14(20)22-4)9-23-13(19)10-5-7-11(17)8-6-10;8-6-3-1-5(2-4-6)7(9)10/h5-8,12H,9H2,1-4H3,(H,18,21);1-4H. The molecule has 2 rings (SSSR count). The second-order valence-corrected chi connectivity index (χ2v) is 9.78. The normalized spacial score (nSPS) is 11.3. The number of rotatable bonds is 6. The number of hydrogen-bond donors (Lipinski definition) is 1. The summed E-state index contributed by atoms with van der Waals surface area (Å²) in [6.07, 6.45) is -0.808. The monoisotopic (exact) mass is 619 g/mol. The zero-order valence-electron chi connectivity index (χ0n) is 18.9. The van der Waals surface area contributed by atoms with Crippen LogP contribution in [0.1, 0.15) is 41.5 Å². The van der Waals surface area contributed by atoms with Crippen LogP contribution in [0, 0.1) is 0 Å². The molecule has 0 aliphatic carbocycles. The predicted octanol–water partition coefficient (Wildman–Crippen LogP) is 5.50. The van der Waals surface area contributed by atoms with Crippen molar-refractivity contribution in [1.82, 2.24) is 5.32 Å². The van der Waals surface area contributed by atoms with Gasteiger partial charge < -0.3 is 19.5 Å². The minimum absolute atomic E-state index is 0.319. The van der Waals surface area contributed by atoms with Gasteiger partial charge in [0.05, 0.1) is 12.7 Å².